The van der Waals surface area contributed by atoms with Gasteiger partial charge in [-0.15, -0.1) is 0 Å². The highest BCUT2D eigenvalue weighted by Crippen LogP contribution is 2.20. The Hall–Kier alpha value is -1.62. The summed E-state index contributed by atoms with van der Waals surface area (Å²) in [6.07, 6.45) is 2.82. The van der Waals surface area contributed by atoms with Crippen LogP contribution in [0.2, 0.25) is 0 Å². The predicted octanol–water partition coefficient (Wildman–Crippen LogP) is 2.92. The van der Waals surface area contributed by atoms with Crippen molar-refractivity contribution in [3.8, 4) is 0 Å². The number of aromatic nitrogens is 2. The van der Waals surface area contributed by atoms with Gasteiger partial charge in [0.2, 0.25) is 5.78 Å². The normalized spacial score (nSPS) is 10.3. The van der Waals surface area contributed by atoms with E-state index >= 15 is 0 Å². The average Bonchev–Trinajstić information content (AvgIpc) is 2.33. The van der Waals surface area contributed by atoms with Crippen molar-refractivity contribution in [3.63, 3.8) is 0 Å². The van der Waals surface area contributed by atoms with Crippen LogP contribution in [0.1, 0.15) is 21.7 Å². The fraction of sp³-hybridized carbons (Fsp3) is 0.0833. The van der Waals surface area contributed by atoms with E-state index in [0.29, 0.717) is 5.69 Å². The van der Waals surface area contributed by atoms with Crippen LogP contribution >= 0.6 is 15.9 Å². The van der Waals surface area contributed by atoms with Crippen molar-refractivity contribution in [1.82, 2.24) is 9.97 Å². The van der Waals surface area contributed by atoms with E-state index in [4.69, 9.17) is 0 Å². The van der Waals surface area contributed by atoms with Gasteiger partial charge in [0.15, 0.2) is 0 Å². The van der Waals surface area contributed by atoms with Crippen molar-refractivity contribution in [2.24, 2.45) is 0 Å². The molecule has 3 nitrogen and oxygen atoms in total. The molecule has 86 valence electrons. The zero-order valence-electron chi connectivity index (χ0n) is 8.95. The number of nitrogens with zero attached hydrogens (tertiary/aromatic N) is 2. The maximum atomic E-state index is 13.7. The molecule has 0 saturated heterocycles. The maximum absolute atomic E-state index is 13.7. The second kappa shape index (κ2) is 4.71. The third kappa shape index (κ3) is 2.39. The zero-order chi connectivity index (χ0) is 12.4. The number of aryl methyl sites for hydroxylation is 1. The minimum Gasteiger partial charge on any atom is -0.287 e. The lowest BCUT2D eigenvalue weighted by Crippen LogP contribution is -2.07. The van der Waals surface area contributed by atoms with Crippen molar-refractivity contribution in [1.29, 1.82) is 0 Å². The van der Waals surface area contributed by atoms with Crippen LogP contribution in [0.3, 0.4) is 0 Å². The summed E-state index contributed by atoms with van der Waals surface area (Å²) in [6.45, 7) is 1.76. The monoisotopic (exact) mass is 294 g/mol. The van der Waals surface area contributed by atoms with E-state index < -0.39 is 11.6 Å². The minimum atomic E-state index is -0.583. The molecule has 0 saturated carbocycles. The summed E-state index contributed by atoms with van der Waals surface area (Å²) in [5.41, 5.74) is 0.821. The molecule has 0 bridgehead atoms. The van der Waals surface area contributed by atoms with Gasteiger partial charge >= 0.3 is 0 Å². The lowest BCUT2D eigenvalue weighted by molar-refractivity contribution is 0.103. The molecule has 0 spiro atoms. The van der Waals surface area contributed by atoms with Crippen LogP contribution in [0.5, 0.6) is 0 Å². The number of rotatable bonds is 2. The minimum absolute atomic E-state index is 0.0162. The highest BCUT2D eigenvalue weighted by atomic mass is 79.9. The molecule has 0 fully saturated rings. The molecule has 0 aliphatic carbocycles. The first-order chi connectivity index (χ1) is 8.09. The zero-order valence-corrected chi connectivity index (χ0v) is 10.5. The van der Waals surface area contributed by atoms with Gasteiger partial charge in [0.25, 0.3) is 0 Å². The maximum Gasteiger partial charge on any atom is 0.215 e. The number of carbonyl (C=O) groups is 1. The molecule has 0 radical (unpaired) electrons. The fourth-order valence-corrected chi connectivity index (χ4v) is 1.69. The number of hydrogen-bond acceptors (Lipinski definition) is 3. The summed E-state index contributed by atoms with van der Waals surface area (Å²) in [4.78, 5) is 19.9. The standard InChI is InChI=1S/C12H8BrFN2O/c1-7-5-16-10(6-15-7)12(17)8-3-2-4-9(13)11(8)14/h2-6H,1H3. The van der Waals surface area contributed by atoms with Gasteiger partial charge in [-0.1, -0.05) is 6.07 Å². The summed E-state index contributed by atoms with van der Waals surface area (Å²) < 4.78 is 14.0. The SMILES string of the molecule is Cc1cnc(C(=O)c2cccc(Br)c2F)cn1. The van der Waals surface area contributed by atoms with Crippen LogP contribution in [0.25, 0.3) is 0 Å². The van der Waals surface area contributed by atoms with Crippen molar-refractivity contribution in [3.05, 3.63) is 57.8 Å². The first-order valence-corrected chi connectivity index (χ1v) is 5.66. The molecule has 0 aliphatic heterocycles. The van der Waals surface area contributed by atoms with E-state index in [-0.39, 0.29) is 15.7 Å². The Bertz CT molecular complexity index is 569. The second-order valence-electron chi connectivity index (χ2n) is 3.47. The molecule has 5 heteroatoms. The molecule has 2 aromatic rings. The quantitative estimate of drug-likeness (QED) is 0.800. The number of hydrogen-bond donors (Lipinski definition) is 0. The Labute approximate surface area is 106 Å². The fourth-order valence-electron chi connectivity index (χ4n) is 1.33. The summed E-state index contributed by atoms with van der Waals surface area (Å²) in [6, 6.07) is 4.55. The van der Waals surface area contributed by atoms with Gasteiger partial charge in [-0.2, -0.15) is 0 Å². The van der Waals surface area contributed by atoms with Crippen LogP contribution in [-0.2, 0) is 0 Å². The number of carbonyl (C=O) groups excluding carboxylic acids is 1. The molecule has 1 aromatic heterocycles. The third-order valence-electron chi connectivity index (χ3n) is 2.21. The Morgan fingerprint density at radius 1 is 1.29 bits per heavy atom. The van der Waals surface area contributed by atoms with Gasteiger partial charge in [-0.05, 0) is 35.0 Å². The second-order valence-corrected chi connectivity index (χ2v) is 4.33. The number of halogens is 2. The average molecular weight is 295 g/mol. The predicted molar refractivity (Wildman–Crippen MR) is 64.3 cm³/mol. The summed E-state index contributed by atoms with van der Waals surface area (Å²) in [7, 11) is 0. The topological polar surface area (TPSA) is 42.9 Å². The molecule has 17 heavy (non-hydrogen) atoms. The molecular formula is C12H8BrFN2O. The smallest absolute Gasteiger partial charge is 0.215 e. The molecule has 1 heterocycles. The Balaban J connectivity index is 2.44. The Morgan fingerprint density at radius 2 is 2.06 bits per heavy atom. The van der Waals surface area contributed by atoms with Crippen LogP contribution in [0.4, 0.5) is 4.39 Å². The van der Waals surface area contributed by atoms with Gasteiger partial charge in [-0.3, -0.25) is 9.78 Å². The molecule has 0 unspecified atom stereocenters. The molecular weight excluding hydrogens is 287 g/mol. The van der Waals surface area contributed by atoms with E-state index in [2.05, 4.69) is 25.9 Å². The van der Waals surface area contributed by atoms with Crippen molar-refractivity contribution in [2.75, 3.05) is 0 Å². The first-order valence-electron chi connectivity index (χ1n) is 4.87. The Morgan fingerprint density at radius 3 is 2.71 bits per heavy atom. The van der Waals surface area contributed by atoms with Crippen molar-refractivity contribution >= 4 is 21.7 Å². The van der Waals surface area contributed by atoms with E-state index in [9.17, 15) is 9.18 Å². The lowest BCUT2D eigenvalue weighted by Gasteiger charge is -2.03. The Kier molecular flexibility index (Phi) is 3.28. The largest absolute Gasteiger partial charge is 0.287 e. The van der Waals surface area contributed by atoms with Crippen molar-refractivity contribution in [2.45, 2.75) is 6.92 Å². The molecule has 0 N–H and O–H groups in total. The highest BCUT2D eigenvalue weighted by molar-refractivity contribution is 9.10. The lowest BCUT2D eigenvalue weighted by atomic mass is 10.1. The van der Waals surface area contributed by atoms with E-state index in [1.54, 1.807) is 13.0 Å². The van der Waals surface area contributed by atoms with Crippen LogP contribution < -0.4 is 0 Å². The van der Waals surface area contributed by atoms with Gasteiger partial charge in [0, 0.05) is 6.20 Å². The van der Waals surface area contributed by atoms with Gasteiger partial charge in [-0.25, -0.2) is 9.37 Å². The van der Waals surface area contributed by atoms with Crippen LogP contribution in [0.15, 0.2) is 35.1 Å². The number of ketones is 1. The van der Waals surface area contributed by atoms with Gasteiger partial charge in [0.05, 0.1) is 21.9 Å². The van der Waals surface area contributed by atoms with Gasteiger partial charge < -0.3 is 0 Å². The number of benzene rings is 1. The molecule has 0 amide bonds. The van der Waals surface area contributed by atoms with Crippen LogP contribution in [-0.4, -0.2) is 15.8 Å². The first kappa shape index (κ1) is 11.9. The van der Waals surface area contributed by atoms with Crippen molar-refractivity contribution < 1.29 is 9.18 Å². The van der Waals surface area contributed by atoms with Crippen LogP contribution in [0, 0.1) is 12.7 Å². The third-order valence-corrected chi connectivity index (χ3v) is 2.82. The summed E-state index contributed by atoms with van der Waals surface area (Å²) in [5.74, 6) is -1.06. The summed E-state index contributed by atoms with van der Waals surface area (Å²) in [5, 5.41) is 0. The highest BCUT2D eigenvalue weighted by Gasteiger charge is 2.16. The van der Waals surface area contributed by atoms with E-state index in [1.165, 1.54) is 24.5 Å². The molecule has 2 rings (SSSR count). The molecule has 0 atom stereocenters. The van der Waals surface area contributed by atoms with E-state index in [1.807, 2.05) is 0 Å². The summed E-state index contributed by atoms with van der Waals surface area (Å²) >= 11 is 3.04. The molecule has 1 aromatic carbocycles. The van der Waals surface area contributed by atoms with Gasteiger partial charge in [0.1, 0.15) is 11.5 Å². The molecule has 0 aliphatic rings. The van der Waals surface area contributed by atoms with E-state index in [0.717, 1.165) is 0 Å².